The van der Waals surface area contributed by atoms with Crippen LogP contribution >= 0.6 is 15.6 Å². The van der Waals surface area contributed by atoms with Crippen molar-refractivity contribution < 1.29 is 84.2 Å². The van der Waals surface area contributed by atoms with Gasteiger partial charge in [0.25, 0.3) is 0 Å². The third kappa shape index (κ3) is 22.6. The number of hydrogen-bond acceptors (Lipinski definition) is 7. The van der Waals surface area contributed by atoms with Crippen LogP contribution in [0.3, 0.4) is 0 Å². The van der Waals surface area contributed by atoms with Crippen LogP contribution < -0.4 is 19.6 Å². The minimum Gasteiger partial charge on any atom is -0.790 e. The second-order valence-electron chi connectivity index (χ2n) is 0.976. The Bertz CT molecular complexity index is 157. The molecule has 0 atom stereocenters. The third-order valence-electron chi connectivity index (χ3n) is 0.200. The van der Waals surface area contributed by atoms with Crippen molar-refractivity contribution in [1.82, 2.24) is 0 Å². The van der Waals surface area contributed by atoms with E-state index in [2.05, 4.69) is 4.31 Å². The number of hydrogen-bond donors (Lipinski definition) is 0. The van der Waals surface area contributed by atoms with Crippen LogP contribution in [-0.2, 0) is 64.6 Å². The van der Waals surface area contributed by atoms with Crippen LogP contribution in [0.2, 0.25) is 0 Å². The van der Waals surface area contributed by atoms with Gasteiger partial charge in [0.05, 0.1) is 15.6 Å². The Morgan fingerprint density at radius 3 is 0.917 bits per heavy atom. The van der Waals surface area contributed by atoms with Gasteiger partial charge in [-0.3, -0.25) is 0 Å². The predicted molar refractivity (Wildman–Crippen MR) is 16.3 cm³/mol. The molecule has 12 heavy (non-hydrogen) atoms. The molecule has 0 saturated heterocycles. The maximum atomic E-state index is 9.32. The van der Waals surface area contributed by atoms with E-state index in [0.29, 0.717) is 0 Å². The van der Waals surface area contributed by atoms with Crippen LogP contribution in [0.15, 0.2) is 0 Å². The molecule has 0 bridgehead atoms. The Morgan fingerprint density at radius 1 is 0.750 bits per heavy atom. The molecule has 12 heteroatoms. The molecule has 0 aromatic heterocycles. The van der Waals surface area contributed by atoms with Crippen LogP contribution in [-0.4, -0.2) is 0 Å². The van der Waals surface area contributed by atoms with Gasteiger partial charge in [0.2, 0.25) is 0 Å². The second-order valence-corrected chi connectivity index (χ2v) is 3.42. The summed E-state index contributed by atoms with van der Waals surface area (Å²) < 4.78 is 21.2. The molecule has 0 N–H and O–H groups in total. The van der Waals surface area contributed by atoms with Gasteiger partial charge in [-0.05, 0) is 0 Å². The summed E-state index contributed by atoms with van der Waals surface area (Å²) in [6.07, 6.45) is 0. The SMILES string of the molecule is O=P([O-])([O-])OP(=O)([O-])[O-].[Fe+2].[Fe+2].[Fe+2]. The Labute approximate surface area is 99.6 Å². The molecule has 0 aliphatic heterocycles. The van der Waals surface area contributed by atoms with Gasteiger partial charge in [0.1, 0.15) is 0 Å². The molecule has 0 spiro atoms. The van der Waals surface area contributed by atoms with E-state index in [1.54, 1.807) is 0 Å². The van der Waals surface area contributed by atoms with Gasteiger partial charge in [-0.15, -0.1) is 0 Å². The average Bonchev–Trinajstić information content (AvgIpc) is 1.14. The quantitative estimate of drug-likeness (QED) is 0.378. The van der Waals surface area contributed by atoms with E-state index < -0.39 is 15.6 Å². The van der Waals surface area contributed by atoms with E-state index in [1.807, 2.05) is 0 Å². The van der Waals surface area contributed by atoms with Crippen molar-refractivity contribution in [3.63, 3.8) is 0 Å². The van der Waals surface area contributed by atoms with Crippen LogP contribution in [0.1, 0.15) is 0 Å². The average molecular weight is 341 g/mol. The molecule has 0 aliphatic carbocycles. The summed E-state index contributed by atoms with van der Waals surface area (Å²) in [4.78, 5) is 37.3. The van der Waals surface area contributed by atoms with Crippen molar-refractivity contribution in [2.45, 2.75) is 0 Å². The van der Waals surface area contributed by atoms with Crippen molar-refractivity contribution in [2.24, 2.45) is 0 Å². The van der Waals surface area contributed by atoms with Gasteiger partial charge < -0.3 is 33.0 Å². The summed E-state index contributed by atoms with van der Waals surface area (Å²) in [5.74, 6) is 0. The Hall–Kier alpha value is 1.82. The summed E-state index contributed by atoms with van der Waals surface area (Å²) in [7, 11) is -11.4. The predicted octanol–water partition coefficient (Wildman–Crippen LogP) is -3.35. The molecule has 0 aromatic rings. The summed E-state index contributed by atoms with van der Waals surface area (Å²) >= 11 is 0. The fourth-order valence-electron chi connectivity index (χ4n) is 0.122. The zero-order valence-electron chi connectivity index (χ0n) is 4.81. The van der Waals surface area contributed by atoms with Gasteiger partial charge in [-0.25, -0.2) is 0 Å². The normalized spacial score (nSPS) is 10.3. The van der Waals surface area contributed by atoms with Gasteiger partial charge in [-0.2, -0.15) is 0 Å². The van der Waals surface area contributed by atoms with E-state index in [0.717, 1.165) is 0 Å². The van der Waals surface area contributed by atoms with E-state index in [1.165, 1.54) is 0 Å². The largest absolute Gasteiger partial charge is 2.00 e. The molecule has 0 rings (SSSR count). The van der Waals surface area contributed by atoms with Crippen molar-refractivity contribution in [3.05, 3.63) is 0 Å². The summed E-state index contributed by atoms with van der Waals surface area (Å²) in [6, 6.07) is 0. The molecule has 0 fully saturated rings. The van der Waals surface area contributed by atoms with E-state index in [4.69, 9.17) is 0 Å². The molecule has 0 amide bonds. The molecule has 0 aromatic carbocycles. The monoisotopic (exact) mass is 342 g/mol. The van der Waals surface area contributed by atoms with Gasteiger partial charge in [-0.1, -0.05) is 0 Å². The van der Waals surface area contributed by atoms with Crippen LogP contribution in [0.4, 0.5) is 0 Å². The fourth-order valence-corrected chi connectivity index (χ4v) is 1.10. The molecule has 0 unspecified atom stereocenters. The molecule has 74 valence electrons. The minimum atomic E-state index is -5.68. The zero-order valence-corrected chi connectivity index (χ0v) is 9.91. The fraction of sp³-hybridized carbons (Fsp3) is 0. The Kier molecular flexibility index (Phi) is 16.0. The maximum Gasteiger partial charge on any atom is 2.00 e. The topological polar surface area (TPSA) is 136 Å². The van der Waals surface area contributed by atoms with E-state index in [-0.39, 0.29) is 51.2 Å². The Balaban J connectivity index is -0.000000107. The van der Waals surface area contributed by atoms with E-state index in [9.17, 15) is 28.7 Å². The number of rotatable bonds is 2. The molecule has 0 radical (unpaired) electrons. The molecular weight excluding hydrogens is 341 g/mol. The number of phosphoric acid groups is 2. The second kappa shape index (κ2) is 8.15. The third-order valence-corrected chi connectivity index (χ3v) is 1.80. The first kappa shape index (κ1) is 23.6. The van der Waals surface area contributed by atoms with Gasteiger partial charge >= 0.3 is 51.2 Å². The molecular formula is Fe3O7P2+2. The van der Waals surface area contributed by atoms with Crippen LogP contribution in [0.5, 0.6) is 0 Å². The molecule has 0 saturated carbocycles. The summed E-state index contributed by atoms with van der Waals surface area (Å²) in [5, 5.41) is 0. The van der Waals surface area contributed by atoms with E-state index >= 15 is 0 Å². The van der Waals surface area contributed by atoms with Gasteiger partial charge in [0.15, 0.2) is 0 Å². The first-order chi connectivity index (χ1) is 3.71. The minimum absolute atomic E-state index is 0. The van der Waals surface area contributed by atoms with Crippen molar-refractivity contribution in [1.29, 1.82) is 0 Å². The van der Waals surface area contributed by atoms with Crippen molar-refractivity contribution >= 4 is 15.6 Å². The summed E-state index contributed by atoms with van der Waals surface area (Å²) in [6.45, 7) is 0. The first-order valence-corrected chi connectivity index (χ1v) is 4.38. The molecule has 0 heterocycles. The standard InChI is InChI=1S/3Fe.H4O7P2/c;;;1-8(2,3)7-9(4,5)6/h;;;(H2,1,2,3)(H2,4,5,6)/q3*+2;/p-4. The molecule has 0 aliphatic rings. The van der Waals surface area contributed by atoms with Crippen molar-refractivity contribution in [3.8, 4) is 0 Å². The molecule has 7 nitrogen and oxygen atoms in total. The van der Waals surface area contributed by atoms with Crippen molar-refractivity contribution in [2.75, 3.05) is 0 Å². The van der Waals surface area contributed by atoms with Crippen LogP contribution in [0.25, 0.3) is 0 Å². The maximum absolute atomic E-state index is 9.32. The van der Waals surface area contributed by atoms with Crippen LogP contribution in [0, 0.1) is 0 Å². The Morgan fingerprint density at radius 2 is 0.917 bits per heavy atom. The zero-order chi connectivity index (χ0) is 7.71. The first-order valence-electron chi connectivity index (χ1n) is 1.46. The van der Waals surface area contributed by atoms with Gasteiger partial charge in [0, 0.05) is 0 Å². The smallest absolute Gasteiger partial charge is 0.790 e. The summed E-state index contributed by atoms with van der Waals surface area (Å²) in [5.41, 5.74) is 0.